The highest BCUT2D eigenvalue weighted by Crippen LogP contribution is 2.29. The zero-order chi connectivity index (χ0) is 22.9. The van der Waals surface area contributed by atoms with E-state index in [0.29, 0.717) is 5.52 Å². The van der Waals surface area contributed by atoms with Crippen LogP contribution in [-0.4, -0.2) is 35.1 Å². The molecule has 32 heavy (non-hydrogen) atoms. The van der Waals surface area contributed by atoms with Crippen molar-refractivity contribution in [3.05, 3.63) is 71.4 Å². The Hall–Kier alpha value is -3.51. The molecule has 4 rings (SSSR count). The van der Waals surface area contributed by atoms with Gasteiger partial charge >= 0.3 is 0 Å². The number of rotatable bonds is 7. The number of anilines is 1. The molecule has 0 fully saturated rings. The molecule has 0 aliphatic carbocycles. The summed E-state index contributed by atoms with van der Waals surface area (Å²) < 4.78 is 68.7. The minimum atomic E-state index is -4.36. The largest absolute Gasteiger partial charge is 0.487 e. The minimum absolute atomic E-state index is 0.0311. The van der Waals surface area contributed by atoms with E-state index >= 15 is 0 Å². The summed E-state index contributed by atoms with van der Waals surface area (Å²) in [4.78, 5) is 7.29. The Morgan fingerprint density at radius 2 is 2.00 bits per heavy atom. The van der Waals surface area contributed by atoms with Crippen LogP contribution in [0.5, 0.6) is 11.6 Å². The first-order valence-corrected chi connectivity index (χ1v) is 10.7. The van der Waals surface area contributed by atoms with Crippen molar-refractivity contribution in [2.75, 3.05) is 11.8 Å². The molecule has 0 unspecified atom stereocenters. The van der Waals surface area contributed by atoms with Crippen LogP contribution in [0.25, 0.3) is 5.52 Å². The van der Waals surface area contributed by atoms with Gasteiger partial charge in [-0.2, -0.15) is 5.10 Å². The van der Waals surface area contributed by atoms with Gasteiger partial charge in [0.05, 0.1) is 41.3 Å². The molecule has 0 radical (unpaired) electrons. The van der Waals surface area contributed by atoms with Crippen LogP contribution in [0.2, 0.25) is 5.02 Å². The van der Waals surface area contributed by atoms with Crippen molar-refractivity contribution in [3.63, 3.8) is 0 Å². The highest BCUT2D eigenvalue weighted by Gasteiger charge is 2.24. The number of fused-ring (bicyclic) bond motifs is 1. The number of hydrogen-bond donors (Lipinski definition) is 1. The predicted octanol–water partition coefficient (Wildman–Crippen LogP) is 3.44. The molecule has 3 heterocycles. The highest BCUT2D eigenvalue weighted by atomic mass is 35.5. The van der Waals surface area contributed by atoms with Crippen molar-refractivity contribution < 1.29 is 26.7 Å². The van der Waals surface area contributed by atoms with Gasteiger partial charge in [0.25, 0.3) is 10.0 Å². The molecular weight excluding hydrogens is 468 g/mol. The topological polar surface area (TPSA) is 108 Å². The quantitative estimate of drug-likeness (QED) is 0.430. The van der Waals surface area contributed by atoms with Crippen molar-refractivity contribution in [1.29, 1.82) is 0 Å². The second-order valence-corrected chi connectivity index (χ2v) is 8.48. The summed E-state index contributed by atoms with van der Waals surface area (Å²) >= 11 is 5.83. The molecule has 1 N–H and O–H groups in total. The molecule has 4 aromatic rings. The number of methoxy groups -OCH3 is 1. The lowest BCUT2D eigenvalue weighted by Gasteiger charge is -2.14. The third kappa shape index (κ3) is 4.27. The van der Waals surface area contributed by atoms with Crippen LogP contribution in [0.4, 0.5) is 14.5 Å². The third-order valence-corrected chi connectivity index (χ3v) is 5.90. The standard InChI is InChI=1S/C19H14ClF2N5O4S/c1-30-19-17(4-11(20)6-24-19)32(28,29)26-16-3-2-15(21)14(18(16)22)9-31-13-5-12-7-23-10-27(12)25-8-13/h2-8,10,26H,9H2,1H3. The number of nitrogens with zero attached hydrogens (tertiary/aromatic N) is 4. The molecule has 3 aromatic heterocycles. The van der Waals surface area contributed by atoms with E-state index in [4.69, 9.17) is 21.1 Å². The van der Waals surface area contributed by atoms with Gasteiger partial charge in [0.15, 0.2) is 10.7 Å². The van der Waals surface area contributed by atoms with E-state index < -0.39 is 44.4 Å². The Kier molecular flexibility index (Phi) is 5.80. The van der Waals surface area contributed by atoms with E-state index in [-0.39, 0.29) is 16.7 Å². The van der Waals surface area contributed by atoms with Crippen LogP contribution < -0.4 is 14.2 Å². The predicted molar refractivity (Wildman–Crippen MR) is 110 cm³/mol. The Morgan fingerprint density at radius 1 is 1.19 bits per heavy atom. The first kappa shape index (κ1) is 21.7. The molecule has 0 aliphatic heterocycles. The maximum absolute atomic E-state index is 15.0. The van der Waals surface area contributed by atoms with Crippen molar-refractivity contribution >= 4 is 32.8 Å². The van der Waals surface area contributed by atoms with Gasteiger partial charge in [-0.25, -0.2) is 31.7 Å². The van der Waals surface area contributed by atoms with Crippen molar-refractivity contribution in [2.45, 2.75) is 11.5 Å². The summed E-state index contributed by atoms with van der Waals surface area (Å²) in [5, 5.41) is 4.07. The fourth-order valence-corrected chi connectivity index (χ4v) is 4.23. The van der Waals surface area contributed by atoms with Gasteiger partial charge in [0, 0.05) is 12.3 Å². The maximum Gasteiger partial charge on any atom is 0.267 e. The summed E-state index contributed by atoms with van der Waals surface area (Å²) in [7, 11) is -3.14. The molecule has 13 heteroatoms. The fraction of sp³-hybridized carbons (Fsp3) is 0.105. The zero-order valence-electron chi connectivity index (χ0n) is 16.3. The average molecular weight is 482 g/mol. The molecule has 0 amide bonds. The second kappa shape index (κ2) is 8.55. The van der Waals surface area contributed by atoms with E-state index in [1.807, 2.05) is 0 Å². The summed E-state index contributed by atoms with van der Waals surface area (Å²) in [5.41, 5.74) is -0.347. The van der Waals surface area contributed by atoms with Crippen LogP contribution in [0.3, 0.4) is 0 Å². The summed E-state index contributed by atoms with van der Waals surface area (Å²) in [6.07, 6.45) is 5.58. The van der Waals surface area contributed by atoms with Gasteiger partial charge in [-0.3, -0.25) is 4.72 Å². The van der Waals surface area contributed by atoms with Crippen LogP contribution >= 0.6 is 11.6 Å². The van der Waals surface area contributed by atoms with E-state index in [2.05, 4.69) is 19.8 Å². The first-order valence-electron chi connectivity index (χ1n) is 8.89. The summed E-state index contributed by atoms with van der Waals surface area (Å²) in [6.45, 7) is -0.513. The number of halogens is 3. The van der Waals surface area contributed by atoms with E-state index in [1.54, 1.807) is 6.07 Å². The van der Waals surface area contributed by atoms with Crippen LogP contribution in [0.1, 0.15) is 5.56 Å². The number of pyridine rings is 1. The van der Waals surface area contributed by atoms with Crippen molar-refractivity contribution in [2.24, 2.45) is 0 Å². The molecule has 166 valence electrons. The van der Waals surface area contributed by atoms with Crippen molar-refractivity contribution in [1.82, 2.24) is 19.6 Å². The minimum Gasteiger partial charge on any atom is -0.487 e. The highest BCUT2D eigenvalue weighted by molar-refractivity contribution is 7.92. The first-order chi connectivity index (χ1) is 15.3. The van der Waals surface area contributed by atoms with Gasteiger partial charge in [-0.1, -0.05) is 11.6 Å². The fourth-order valence-electron chi connectivity index (χ4n) is 2.80. The lowest BCUT2D eigenvalue weighted by Crippen LogP contribution is -2.17. The van der Waals surface area contributed by atoms with Crippen LogP contribution in [-0.2, 0) is 16.6 Å². The van der Waals surface area contributed by atoms with Gasteiger partial charge in [-0.05, 0) is 18.2 Å². The Balaban J connectivity index is 1.61. The monoisotopic (exact) mass is 481 g/mol. The van der Waals surface area contributed by atoms with E-state index in [0.717, 1.165) is 18.2 Å². The number of aromatic nitrogens is 4. The van der Waals surface area contributed by atoms with Gasteiger partial charge in [0.1, 0.15) is 24.5 Å². The smallest absolute Gasteiger partial charge is 0.267 e. The number of nitrogens with one attached hydrogen (secondary N) is 1. The van der Waals surface area contributed by atoms with Gasteiger partial charge in [0.2, 0.25) is 5.88 Å². The zero-order valence-corrected chi connectivity index (χ0v) is 17.9. The normalized spacial score (nSPS) is 11.5. The van der Waals surface area contributed by atoms with Crippen LogP contribution in [0.15, 0.2) is 54.1 Å². The molecular formula is C19H14ClF2N5O4S. The van der Waals surface area contributed by atoms with Crippen LogP contribution in [0, 0.1) is 11.6 Å². The molecule has 0 bridgehead atoms. The molecule has 0 saturated heterocycles. The summed E-state index contributed by atoms with van der Waals surface area (Å²) in [6, 6.07) is 4.56. The lowest BCUT2D eigenvalue weighted by molar-refractivity contribution is 0.291. The Morgan fingerprint density at radius 3 is 2.78 bits per heavy atom. The Labute approximate surface area is 185 Å². The maximum atomic E-state index is 15.0. The lowest BCUT2D eigenvalue weighted by atomic mass is 10.2. The van der Waals surface area contributed by atoms with Crippen molar-refractivity contribution in [3.8, 4) is 11.6 Å². The number of benzene rings is 1. The van der Waals surface area contributed by atoms with E-state index in [1.165, 1.54) is 36.5 Å². The summed E-state index contributed by atoms with van der Waals surface area (Å²) in [5.74, 6) is -2.04. The Bertz CT molecular complexity index is 1410. The molecule has 0 atom stereocenters. The second-order valence-electron chi connectivity index (χ2n) is 6.40. The molecule has 0 spiro atoms. The molecule has 9 nitrogen and oxygen atoms in total. The SMILES string of the molecule is COc1ncc(Cl)cc1S(=O)(=O)Nc1ccc(F)c(COc2cnn3cncc3c2)c1F. The number of ether oxygens (including phenoxy) is 2. The average Bonchev–Trinajstić information content (AvgIpc) is 3.23. The van der Waals surface area contributed by atoms with Gasteiger partial charge < -0.3 is 9.47 Å². The van der Waals surface area contributed by atoms with E-state index in [9.17, 15) is 17.2 Å². The third-order valence-electron chi connectivity index (χ3n) is 4.33. The number of imidazole rings is 1. The molecule has 1 aromatic carbocycles. The molecule has 0 saturated carbocycles. The van der Waals surface area contributed by atoms with Gasteiger partial charge in [-0.15, -0.1) is 0 Å². The molecule has 0 aliphatic rings. The number of sulfonamides is 1. The number of hydrogen-bond acceptors (Lipinski definition) is 7.